The smallest absolute Gasteiger partial charge is 0.289 e. The third-order valence-corrected chi connectivity index (χ3v) is 7.57. The lowest BCUT2D eigenvalue weighted by Crippen LogP contribution is -2.48. The minimum absolute atomic E-state index is 0.0544. The standard InChI is InChI=1S/C32H32ClN3O4/c33-27-9-6-25(7-10-27)20-35(19-24-4-2-1-3-5-24)22-28-11-13-30(40-28)32(37)36-16-14-34(15-17-36)21-26-8-12-29-31(18-26)39-23-38-29/h1-13,18H,14-17,19-23H2. The van der Waals surface area contributed by atoms with Crippen molar-refractivity contribution in [2.45, 2.75) is 26.2 Å². The van der Waals surface area contributed by atoms with Crippen LogP contribution in [0.5, 0.6) is 11.5 Å². The van der Waals surface area contributed by atoms with Gasteiger partial charge in [-0.2, -0.15) is 0 Å². The summed E-state index contributed by atoms with van der Waals surface area (Å²) in [6, 6.07) is 28.1. The highest BCUT2D eigenvalue weighted by atomic mass is 35.5. The third-order valence-electron chi connectivity index (χ3n) is 7.32. The lowest BCUT2D eigenvalue weighted by Gasteiger charge is -2.34. The van der Waals surface area contributed by atoms with Crippen LogP contribution in [0.3, 0.4) is 0 Å². The molecule has 1 fully saturated rings. The maximum Gasteiger partial charge on any atom is 0.289 e. The normalized spacial score (nSPS) is 15.1. The van der Waals surface area contributed by atoms with Gasteiger partial charge in [0.05, 0.1) is 6.54 Å². The first kappa shape index (κ1) is 26.4. The Bertz CT molecular complexity index is 1430. The predicted octanol–water partition coefficient (Wildman–Crippen LogP) is 5.82. The van der Waals surface area contributed by atoms with Gasteiger partial charge < -0.3 is 18.8 Å². The first-order valence-corrected chi connectivity index (χ1v) is 14.0. The molecule has 7 nitrogen and oxygen atoms in total. The quantitative estimate of drug-likeness (QED) is 0.258. The van der Waals surface area contributed by atoms with Gasteiger partial charge in [-0.05, 0) is 53.1 Å². The first-order chi connectivity index (χ1) is 19.6. The summed E-state index contributed by atoms with van der Waals surface area (Å²) in [7, 11) is 0. The Hall–Kier alpha value is -3.78. The van der Waals surface area contributed by atoms with Gasteiger partial charge in [0.15, 0.2) is 17.3 Å². The number of nitrogens with zero attached hydrogens (tertiary/aromatic N) is 3. The van der Waals surface area contributed by atoms with Crippen LogP contribution in [0.15, 0.2) is 89.3 Å². The number of amides is 1. The van der Waals surface area contributed by atoms with Crippen molar-refractivity contribution < 1.29 is 18.7 Å². The Balaban J connectivity index is 1.05. The summed E-state index contributed by atoms with van der Waals surface area (Å²) < 4.78 is 17.0. The zero-order valence-electron chi connectivity index (χ0n) is 22.3. The molecule has 1 amide bonds. The average molecular weight is 558 g/mol. The molecule has 40 heavy (non-hydrogen) atoms. The Morgan fingerprint density at radius 1 is 0.750 bits per heavy atom. The molecule has 2 aliphatic heterocycles. The maximum absolute atomic E-state index is 13.3. The molecule has 0 aliphatic carbocycles. The zero-order valence-corrected chi connectivity index (χ0v) is 23.1. The minimum atomic E-state index is -0.0544. The molecule has 0 bridgehead atoms. The summed E-state index contributed by atoms with van der Waals surface area (Å²) >= 11 is 6.09. The fourth-order valence-electron chi connectivity index (χ4n) is 5.22. The number of halogens is 1. The number of piperazine rings is 1. The Morgan fingerprint density at radius 2 is 1.45 bits per heavy atom. The molecule has 0 spiro atoms. The molecule has 0 unspecified atom stereocenters. The summed E-state index contributed by atoms with van der Waals surface area (Å²) in [6.07, 6.45) is 0. The molecule has 0 radical (unpaired) electrons. The van der Waals surface area contributed by atoms with Crippen molar-refractivity contribution in [1.29, 1.82) is 0 Å². The molecule has 2 aliphatic rings. The van der Waals surface area contributed by atoms with E-state index in [1.807, 2.05) is 65.6 Å². The molecular formula is C32H32ClN3O4. The molecule has 0 atom stereocenters. The molecule has 3 aromatic carbocycles. The summed E-state index contributed by atoms with van der Waals surface area (Å²) in [5, 5.41) is 0.723. The lowest BCUT2D eigenvalue weighted by molar-refractivity contribution is 0.0594. The highest BCUT2D eigenvalue weighted by Gasteiger charge is 2.25. The van der Waals surface area contributed by atoms with Gasteiger partial charge in [-0.25, -0.2) is 0 Å². The molecule has 3 heterocycles. The molecule has 0 saturated carbocycles. The fraction of sp³-hybridized carbons (Fsp3) is 0.281. The van der Waals surface area contributed by atoms with Gasteiger partial charge in [-0.1, -0.05) is 60.1 Å². The predicted molar refractivity (Wildman–Crippen MR) is 153 cm³/mol. The highest BCUT2D eigenvalue weighted by molar-refractivity contribution is 6.30. The number of benzene rings is 3. The van der Waals surface area contributed by atoms with Crippen LogP contribution >= 0.6 is 11.6 Å². The summed E-state index contributed by atoms with van der Waals surface area (Å²) in [6.45, 7) is 6.12. The van der Waals surface area contributed by atoms with Gasteiger partial charge in [0.25, 0.3) is 5.91 Å². The second-order valence-electron chi connectivity index (χ2n) is 10.3. The molecule has 0 N–H and O–H groups in total. The van der Waals surface area contributed by atoms with E-state index in [0.717, 1.165) is 55.0 Å². The molecule has 6 rings (SSSR count). The number of carbonyl (C=O) groups excluding carboxylic acids is 1. The van der Waals surface area contributed by atoms with Crippen LogP contribution in [0.1, 0.15) is 33.0 Å². The molecule has 4 aromatic rings. The monoisotopic (exact) mass is 557 g/mol. The minimum Gasteiger partial charge on any atom is -0.455 e. The Labute approximate surface area is 239 Å². The van der Waals surface area contributed by atoms with E-state index in [9.17, 15) is 4.79 Å². The maximum atomic E-state index is 13.3. The summed E-state index contributed by atoms with van der Waals surface area (Å²) in [5.41, 5.74) is 3.57. The number of hydrogen-bond donors (Lipinski definition) is 0. The van der Waals surface area contributed by atoms with Crippen LogP contribution in [-0.4, -0.2) is 53.6 Å². The van der Waals surface area contributed by atoms with Crippen LogP contribution in [0.25, 0.3) is 0 Å². The number of carbonyl (C=O) groups is 1. The van der Waals surface area contributed by atoms with Gasteiger partial charge in [0, 0.05) is 50.8 Å². The Kier molecular flexibility index (Phi) is 8.04. The van der Waals surface area contributed by atoms with Crippen LogP contribution < -0.4 is 9.47 Å². The zero-order chi connectivity index (χ0) is 27.3. The van der Waals surface area contributed by atoms with Gasteiger partial charge in [0.2, 0.25) is 6.79 Å². The van der Waals surface area contributed by atoms with Crippen molar-refractivity contribution >= 4 is 17.5 Å². The van der Waals surface area contributed by atoms with Crippen molar-refractivity contribution in [3.05, 3.63) is 118 Å². The largest absolute Gasteiger partial charge is 0.455 e. The van der Waals surface area contributed by atoms with E-state index in [-0.39, 0.29) is 12.7 Å². The van der Waals surface area contributed by atoms with E-state index in [2.05, 4.69) is 28.0 Å². The van der Waals surface area contributed by atoms with Crippen molar-refractivity contribution in [1.82, 2.24) is 14.7 Å². The van der Waals surface area contributed by atoms with Gasteiger partial charge in [-0.3, -0.25) is 14.6 Å². The number of hydrogen-bond acceptors (Lipinski definition) is 6. The molecule has 1 saturated heterocycles. The van der Waals surface area contributed by atoms with Crippen molar-refractivity contribution in [2.75, 3.05) is 33.0 Å². The van der Waals surface area contributed by atoms with E-state index in [0.29, 0.717) is 25.4 Å². The SMILES string of the molecule is O=C(c1ccc(CN(Cc2ccccc2)Cc2ccc(Cl)cc2)o1)N1CCN(Cc2ccc3c(c2)OCO3)CC1. The van der Waals surface area contributed by atoms with Gasteiger partial charge in [0.1, 0.15) is 5.76 Å². The number of furan rings is 1. The summed E-state index contributed by atoms with van der Waals surface area (Å²) in [5.74, 6) is 2.71. The molecule has 8 heteroatoms. The molecule has 206 valence electrons. The second-order valence-corrected chi connectivity index (χ2v) is 10.7. The topological polar surface area (TPSA) is 58.4 Å². The molecule has 1 aromatic heterocycles. The number of ether oxygens (including phenoxy) is 2. The summed E-state index contributed by atoms with van der Waals surface area (Å²) in [4.78, 5) is 19.8. The molecular weight excluding hydrogens is 526 g/mol. The van der Waals surface area contributed by atoms with Crippen molar-refractivity contribution in [2.24, 2.45) is 0 Å². The van der Waals surface area contributed by atoms with Gasteiger partial charge >= 0.3 is 0 Å². The first-order valence-electron chi connectivity index (χ1n) is 13.6. The Morgan fingerprint density at radius 3 is 2.23 bits per heavy atom. The second kappa shape index (κ2) is 12.2. The van der Waals surface area contributed by atoms with E-state index < -0.39 is 0 Å². The van der Waals surface area contributed by atoms with E-state index >= 15 is 0 Å². The van der Waals surface area contributed by atoms with Crippen LogP contribution in [-0.2, 0) is 26.2 Å². The fourth-order valence-corrected chi connectivity index (χ4v) is 5.34. The highest BCUT2D eigenvalue weighted by Crippen LogP contribution is 2.33. The van der Waals surface area contributed by atoms with Crippen LogP contribution in [0, 0.1) is 0 Å². The van der Waals surface area contributed by atoms with E-state index in [4.69, 9.17) is 25.5 Å². The lowest BCUT2D eigenvalue weighted by atomic mass is 10.1. The van der Waals surface area contributed by atoms with Crippen LogP contribution in [0.2, 0.25) is 5.02 Å². The third kappa shape index (κ3) is 6.50. The van der Waals surface area contributed by atoms with Gasteiger partial charge in [-0.15, -0.1) is 0 Å². The van der Waals surface area contributed by atoms with Crippen molar-refractivity contribution in [3.63, 3.8) is 0 Å². The van der Waals surface area contributed by atoms with Crippen LogP contribution in [0.4, 0.5) is 0 Å². The van der Waals surface area contributed by atoms with E-state index in [1.54, 1.807) is 6.07 Å². The average Bonchev–Trinajstić information content (AvgIpc) is 3.64. The van der Waals surface area contributed by atoms with Crippen molar-refractivity contribution in [3.8, 4) is 11.5 Å². The number of fused-ring (bicyclic) bond motifs is 1. The number of rotatable bonds is 9. The van der Waals surface area contributed by atoms with E-state index in [1.165, 1.54) is 16.7 Å².